The summed E-state index contributed by atoms with van der Waals surface area (Å²) in [4.78, 5) is 6.80. The first-order chi connectivity index (χ1) is 9.09. The van der Waals surface area contributed by atoms with E-state index in [9.17, 15) is 17.6 Å². The topological polar surface area (TPSA) is 40.7 Å². The second kappa shape index (κ2) is 4.34. The maximum absolute atomic E-state index is 13.8. The highest BCUT2D eigenvalue weighted by Crippen LogP contribution is 2.32. The molecule has 0 spiro atoms. The molecule has 2 heterocycles. The van der Waals surface area contributed by atoms with Crippen LogP contribution in [0.25, 0.3) is 0 Å². The molecule has 0 saturated heterocycles. The molecule has 0 fully saturated rings. The van der Waals surface area contributed by atoms with Crippen LogP contribution in [0.5, 0.6) is 0 Å². The fourth-order valence-corrected chi connectivity index (χ4v) is 2.30. The van der Waals surface area contributed by atoms with Gasteiger partial charge in [-0.25, -0.2) is 22.5 Å². The molecule has 2 aromatic rings. The van der Waals surface area contributed by atoms with Gasteiger partial charge in [0.2, 0.25) is 0 Å². The third kappa shape index (κ3) is 1.81. The molecule has 7 heteroatoms. The maximum atomic E-state index is 13.8. The van der Waals surface area contributed by atoms with E-state index in [-0.39, 0.29) is 6.07 Å². The molecule has 1 aromatic carbocycles. The average molecular weight is 271 g/mol. The molecule has 0 aliphatic carbocycles. The number of nitrogens with zero attached hydrogens (tertiary/aromatic N) is 1. The Morgan fingerprint density at radius 3 is 2.47 bits per heavy atom. The highest BCUT2D eigenvalue weighted by molar-refractivity contribution is 5.35. The lowest BCUT2D eigenvalue weighted by molar-refractivity contribution is 0.414. The molecule has 3 nitrogen and oxygen atoms in total. The lowest BCUT2D eigenvalue weighted by atomic mass is 9.96. The molecule has 2 N–H and O–H groups in total. The van der Waals surface area contributed by atoms with Gasteiger partial charge in [0.15, 0.2) is 23.3 Å². The fraction of sp³-hybridized carbons (Fsp3) is 0.250. The van der Waals surface area contributed by atoms with Crippen LogP contribution >= 0.6 is 0 Å². The molecule has 1 unspecified atom stereocenters. The Bertz CT molecular complexity index is 612. The van der Waals surface area contributed by atoms with Crippen LogP contribution < -0.4 is 5.32 Å². The van der Waals surface area contributed by atoms with Gasteiger partial charge < -0.3 is 10.3 Å². The van der Waals surface area contributed by atoms with E-state index >= 15 is 0 Å². The monoisotopic (exact) mass is 271 g/mol. The van der Waals surface area contributed by atoms with Crippen molar-refractivity contribution in [3.8, 4) is 0 Å². The Kier molecular flexibility index (Phi) is 2.78. The molecule has 100 valence electrons. The van der Waals surface area contributed by atoms with E-state index in [2.05, 4.69) is 15.3 Å². The van der Waals surface area contributed by atoms with Crippen molar-refractivity contribution in [2.45, 2.75) is 12.5 Å². The first-order valence-corrected chi connectivity index (χ1v) is 5.68. The largest absolute Gasteiger partial charge is 0.348 e. The fourth-order valence-electron chi connectivity index (χ4n) is 2.30. The van der Waals surface area contributed by atoms with Gasteiger partial charge in [-0.15, -0.1) is 0 Å². The zero-order valence-corrected chi connectivity index (χ0v) is 9.61. The van der Waals surface area contributed by atoms with Gasteiger partial charge >= 0.3 is 0 Å². The number of nitrogens with one attached hydrogen (secondary N) is 2. The summed E-state index contributed by atoms with van der Waals surface area (Å²) in [5, 5.41) is 2.82. The van der Waals surface area contributed by atoms with Gasteiger partial charge in [-0.1, -0.05) is 0 Å². The van der Waals surface area contributed by atoms with Gasteiger partial charge in [0.25, 0.3) is 0 Å². The normalized spacial score (nSPS) is 18.4. The van der Waals surface area contributed by atoms with E-state index in [4.69, 9.17) is 0 Å². The summed E-state index contributed by atoms with van der Waals surface area (Å²) in [6.07, 6.45) is 1.99. The first-order valence-electron chi connectivity index (χ1n) is 5.68. The van der Waals surface area contributed by atoms with E-state index in [0.29, 0.717) is 24.4 Å². The summed E-state index contributed by atoms with van der Waals surface area (Å²) in [5.74, 6) is -5.63. The minimum Gasteiger partial charge on any atom is -0.348 e. The molecule has 1 aromatic heterocycles. The van der Waals surface area contributed by atoms with Crippen LogP contribution in [-0.2, 0) is 6.42 Å². The Labute approximate surface area is 105 Å². The third-order valence-electron chi connectivity index (χ3n) is 3.18. The van der Waals surface area contributed by atoms with Crippen LogP contribution in [-0.4, -0.2) is 16.5 Å². The number of halogens is 4. The Morgan fingerprint density at radius 2 is 1.79 bits per heavy atom. The van der Waals surface area contributed by atoms with E-state index in [1.807, 2.05) is 0 Å². The number of fused-ring (bicyclic) bond motifs is 1. The molecular weight excluding hydrogens is 262 g/mol. The quantitative estimate of drug-likeness (QED) is 0.616. The molecule has 3 rings (SSSR count). The van der Waals surface area contributed by atoms with Crippen molar-refractivity contribution in [2.75, 3.05) is 6.54 Å². The van der Waals surface area contributed by atoms with E-state index in [0.717, 1.165) is 0 Å². The van der Waals surface area contributed by atoms with Crippen molar-refractivity contribution in [3.63, 3.8) is 0 Å². The molecule has 0 bridgehead atoms. The molecular formula is C12H9F4N3. The highest BCUT2D eigenvalue weighted by atomic mass is 19.2. The van der Waals surface area contributed by atoms with Crippen LogP contribution in [0.1, 0.15) is 23.0 Å². The predicted octanol–water partition coefficient (Wildman–Crippen LogP) is 2.20. The summed E-state index contributed by atoms with van der Waals surface area (Å²) >= 11 is 0. The highest BCUT2D eigenvalue weighted by Gasteiger charge is 2.31. The molecule has 0 saturated carbocycles. The first kappa shape index (κ1) is 12.2. The van der Waals surface area contributed by atoms with Gasteiger partial charge in [-0.2, -0.15) is 0 Å². The number of hydrogen-bond donors (Lipinski definition) is 2. The summed E-state index contributed by atoms with van der Waals surface area (Å²) in [6.45, 7) is 0.427. The Morgan fingerprint density at radius 1 is 1.11 bits per heavy atom. The number of imidazole rings is 1. The molecule has 0 radical (unpaired) electrons. The summed E-state index contributed by atoms with van der Waals surface area (Å²) in [6, 6.07) is -0.803. The lowest BCUT2D eigenvalue weighted by Gasteiger charge is -2.24. The van der Waals surface area contributed by atoms with E-state index < -0.39 is 34.9 Å². The zero-order chi connectivity index (χ0) is 13.6. The summed E-state index contributed by atoms with van der Waals surface area (Å²) in [7, 11) is 0. The lowest BCUT2D eigenvalue weighted by Crippen LogP contribution is -2.32. The molecule has 0 amide bonds. The van der Waals surface area contributed by atoms with Crippen LogP contribution in [0.3, 0.4) is 0 Å². The second-order valence-electron chi connectivity index (χ2n) is 4.29. The van der Waals surface area contributed by atoms with Crippen molar-refractivity contribution >= 4 is 0 Å². The number of H-pyrrole nitrogens is 1. The molecule has 19 heavy (non-hydrogen) atoms. The van der Waals surface area contributed by atoms with Crippen LogP contribution in [0.15, 0.2) is 12.4 Å². The average Bonchev–Trinajstić information content (AvgIpc) is 2.86. The van der Waals surface area contributed by atoms with E-state index in [1.54, 1.807) is 0 Å². The maximum Gasteiger partial charge on any atom is 0.167 e. The van der Waals surface area contributed by atoms with E-state index in [1.165, 1.54) is 6.33 Å². The Hall–Kier alpha value is -1.89. The minimum absolute atomic E-state index is 0.197. The van der Waals surface area contributed by atoms with Crippen LogP contribution in [0.2, 0.25) is 0 Å². The zero-order valence-electron chi connectivity index (χ0n) is 9.61. The number of aromatic nitrogens is 2. The van der Waals surface area contributed by atoms with Crippen molar-refractivity contribution in [1.82, 2.24) is 15.3 Å². The molecule has 1 aliphatic rings. The van der Waals surface area contributed by atoms with Crippen molar-refractivity contribution < 1.29 is 17.6 Å². The number of hydrogen-bond acceptors (Lipinski definition) is 2. The minimum atomic E-state index is -1.42. The smallest absolute Gasteiger partial charge is 0.167 e. The third-order valence-corrected chi connectivity index (χ3v) is 3.18. The van der Waals surface area contributed by atoms with Gasteiger partial charge in [0.05, 0.1) is 23.6 Å². The Balaban J connectivity index is 2.20. The van der Waals surface area contributed by atoms with Crippen molar-refractivity contribution in [1.29, 1.82) is 0 Å². The predicted molar refractivity (Wildman–Crippen MR) is 58.4 cm³/mol. The van der Waals surface area contributed by atoms with Crippen molar-refractivity contribution in [2.24, 2.45) is 0 Å². The molecule has 1 aliphatic heterocycles. The van der Waals surface area contributed by atoms with Crippen LogP contribution in [0.4, 0.5) is 17.6 Å². The summed E-state index contributed by atoms with van der Waals surface area (Å²) in [5.41, 5.74) is 0.381. The van der Waals surface area contributed by atoms with Crippen molar-refractivity contribution in [3.05, 3.63) is 52.6 Å². The SMILES string of the molecule is Fc1cc(F)c(F)c(C2NCCc3[nH]cnc32)c1F. The second-order valence-corrected chi connectivity index (χ2v) is 4.29. The summed E-state index contributed by atoms with van der Waals surface area (Å²) < 4.78 is 54.0. The number of rotatable bonds is 1. The van der Waals surface area contributed by atoms with Gasteiger partial charge in [-0.05, 0) is 0 Å². The number of benzene rings is 1. The van der Waals surface area contributed by atoms with Gasteiger partial charge in [0, 0.05) is 24.7 Å². The van der Waals surface area contributed by atoms with Gasteiger partial charge in [0.1, 0.15) is 0 Å². The molecule has 1 atom stereocenters. The van der Waals surface area contributed by atoms with Crippen LogP contribution in [0, 0.1) is 23.3 Å². The number of aromatic amines is 1. The standard InChI is InChI=1S/C12H9F4N3/c13-5-3-6(14)10(16)8(9(5)15)12-11-7(1-2-17-12)18-4-19-11/h3-4,12,17H,1-2H2,(H,18,19). The van der Waals surface area contributed by atoms with Gasteiger partial charge in [-0.3, -0.25) is 0 Å².